The third-order valence-electron chi connectivity index (χ3n) is 8.74. The number of amides is 1. The Morgan fingerprint density at radius 1 is 1.02 bits per heavy atom. The Morgan fingerprint density at radius 2 is 1.72 bits per heavy atom. The van der Waals surface area contributed by atoms with Crippen molar-refractivity contribution in [1.82, 2.24) is 14.8 Å². The van der Waals surface area contributed by atoms with Crippen molar-refractivity contribution in [3.05, 3.63) is 63.5 Å². The number of likely N-dealkylation sites (tertiary alicyclic amines) is 1. The van der Waals surface area contributed by atoms with Crippen LogP contribution in [-0.2, 0) is 11.3 Å². The van der Waals surface area contributed by atoms with E-state index in [1.165, 1.54) is 6.42 Å². The summed E-state index contributed by atoms with van der Waals surface area (Å²) in [6.07, 6.45) is -1.76. The van der Waals surface area contributed by atoms with Crippen molar-refractivity contribution in [1.29, 1.82) is 0 Å². The van der Waals surface area contributed by atoms with Crippen LogP contribution in [0.25, 0.3) is 11.3 Å². The molecule has 1 amide bonds. The molecule has 6 nitrogen and oxygen atoms in total. The third-order valence-corrected chi connectivity index (χ3v) is 10.4. The SMILES string of the molecule is CC1CC(C)CN(c2nc(-c3ccc(OCCCCN(C(=O)C(F)(F)F)C4CCN(Cc5ccc(Cl)c(Cl)c5)CC4)cc3)cs2)C1. The first-order valence-electron chi connectivity index (χ1n) is 15.9. The molecule has 2 atom stereocenters. The van der Waals surface area contributed by atoms with Crippen LogP contribution in [0.4, 0.5) is 18.3 Å². The average Bonchev–Trinajstić information content (AvgIpc) is 3.51. The smallest absolute Gasteiger partial charge is 0.471 e. The zero-order valence-corrected chi connectivity index (χ0v) is 28.6. The summed E-state index contributed by atoms with van der Waals surface area (Å²) in [7, 11) is 0. The molecule has 1 aromatic heterocycles. The Bertz CT molecular complexity index is 1440. The minimum atomic E-state index is -4.90. The molecule has 46 heavy (non-hydrogen) atoms. The number of nitrogens with zero attached hydrogens (tertiary/aromatic N) is 4. The molecule has 3 aromatic rings. The topological polar surface area (TPSA) is 48.9 Å². The molecule has 5 rings (SSSR count). The van der Waals surface area contributed by atoms with E-state index in [1.807, 2.05) is 30.3 Å². The number of hydrogen-bond donors (Lipinski definition) is 0. The van der Waals surface area contributed by atoms with Gasteiger partial charge in [0.1, 0.15) is 5.75 Å². The number of halogens is 5. The molecule has 250 valence electrons. The lowest BCUT2D eigenvalue weighted by Crippen LogP contribution is -2.51. The predicted octanol–water partition coefficient (Wildman–Crippen LogP) is 8.81. The number of benzene rings is 2. The number of carbonyl (C=O) groups is 1. The molecule has 0 aliphatic carbocycles. The summed E-state index contributed by atoms with van der Waals surface area (Å²) in [6.45, 7) is 8.84. The molecule has 0 saturated carbocycles. The molecular formula is C34H41Cl2F3N4O2S. The number of carbonyl (C=O) groups excluding carboxylic acids is 1. The van der Waals surface area contributed by atoms with Gasteiger partial charge >= 0.3 is 12.1 Å². The van der Waals surface area contributed by atoms with Crippen LogP contribution in [0.2, 0.25) is 10.0 Å². The van der Waals surface area contributed by atoms with Gasteiger partial charge in [-0.1, -0.05) is 43.1 Å². The van der Waals surface area contributed by atoms with E-state index < -0.39 is 18.1 Å². The summed E-state index contributed by atoms with van der Waals surface area (Å²) in [6, 6.07) is 12.7. The summed E-state index contributed by atoms with van der Waals surface area (Å²) in [5, 5.41) is 4.09. The maximum atomic E-state index is 13.5. The monoisotopic (exact) mass is 696 g/mol. The van der Waals surface area contributed by atoms with E-state index in [4.69, 9.17) is 32.9 Å². The predicted molar refractivity (Wildman–Crippen MR) is 180 cm³/mol. The average molecular weight is 698 g/mol. The number of alkyl halides is 3. The number of aromatic nitrogens is 1. The Hall–Kier alpha value is -2.53. The summed E-state index contributed by atoms with van der Waals surface area (Å²) in [4.78, 5) is 22.8. The molecule has 0 spiro atoms. The van der Waals surface area contributed by atoms with E-state index in [2.05, 4.69) is 29.0 Å². The number of unbranched alkanes of at least 4 members (excludes halogenated alkanes) is 1. The van der Waals surface area contributed by atoms with Crippen molar-refractivity contribution in [2.75, 3.05) is 44.2 Å². The maximum Gasteiger partial charge on any atom is 0.471 e. The molecule has 2 aliphatic heterocycles. The number of piperidine rings is 2. The highest BCUT2D eigenvalue weighted by Crippen LogP contribution is 2.33. The van der Waals surface area contributed by atoms with Crippen molar-refractivity contribution >= 4 is 45.6 Å². The van der Waals surface area contributed by atoms with E-state index in [1.54, 1.807) is 23.5 Å². The van der Waals surface area contributed by atoms with Crippen molar-refractivity contribution < 1.29 is 22.7 Å². The van der Waals surface area contributed by atoms with Crippen LogP contribution in [0.15, 0.2) is 47.8 Å². The molecule has 12 heteroatoms. The van der Waals surface area contributed by atoms with Gasteiger partial charge in [0.25, 0.3) is 0 Å². The molecule has 0 radical (unpaired) electrons. The molecule has 0 bridgehead atoms. The zero-order chi connectivity index (χ0) is 32.8. The second kappa shape index (κ2) is 15.6. The van der Waals surface area contributed by atoms with Gasteiger partial charge in [0.2, 0.25) is 0 Å². The lowest BCUT2D eigenvalue weighted by atomic mass is 9.92. The summed E-state index contributed by atoms with van der Waals surface area (Å²) in [5.41, 5.74) is 2.93. The van der Waals surface area contributed by atoms with E-state index in [9.17, 15) is 18.0 Å². The molecule has 3 heterocycles. The van der Waals surface area contributed by atoms with Crippen LogP contribution >= 0.6 is 34.5 Å². The Morgan fingerprint density at radius 3 is 2.37 bits per heavy atom. The second-order valence-corrected chi connectivity index (χ2v) is 14.3. The first-order chi connectivity index (χ1) is 22.0. The van der Waals surface area contributed by atoms with Gasteiger partial charge in [-0.3, -0.25) is 9.69 Å². The summed E-state index contributed by atoms with van der Waals surface area (Å²) < 4.78 is 46.4. The van der Waals surface area contributed by atoms with Crippen LogP contribution in [-0.4, -0.2) is 72.2 Å². The van der Waals surface area contributed by atoms with Crippen molar-refractivity contribution in [2.45, 2.75) is 64.7 Å². The van der Waals surface area contributed by atoms with E-state index >= 15 is 0 Å². The largest absolute Gasteiger partial charge is 0.494 e. The van der Waals surface area contributed by atoms with Gasteiger partial charge in [-0.25, -0.2) is 4.98 Å². The molecular weight excluding hydrogens is 656 g/mol. The Labute approximate surface area is 283 Å². The van der Waals surface area contributed by atoms with Crippen LogP contribution in [0.1, 0.15) is 51.5 Å². The Kier molecular flexibility index (Phi) is 11.8. The van der Waals surface area contributed by atoms with Crippen molar-refractivity contribution in [3.63, 3.8) is 0 Å². The highest BCUT2D eigenvalue weighted by Gasteiger charge is 2.44. The number of ether oxygens (including phenoxy) is 1. The minimum Gasteiger partial charge on any atom is -0.494 e. The fraction of sp³-hybridized carbons (Fsp3) is 0.529. The quantitative estimate of drug-likeness (QED) is 0.188. The van der Waals surface area contributed by atoms with Crippen LogP contribution in [0.3, 0.4) is 0 Å². The number of thiazole rings is 1. The fourth-order valence-corrected chi connectivity index (χ4v) is 7.73. The van der Waals surface area contributed by atoms with Gasteiger partial charge in [0.05, 0.1) is 22.3 Å². The normalized spacial score (nSPS) is 19.8. The molecule has 2 aliphatic rings. The van der Waals surface area contributed by atoms with Crippen LogP contribution in [0.5, 0.6) is 5.75 Å². The molecule has 2 fully saturated rings. The Balaban J connectivity index is 1.08. The van der Waals surface area contributed by atoms with E-state index in [-0.39, 0.29) is 6.54 Å². The third kappa shape index (κ3) is 9.30. The first kappa shape index (κ1) is 34.8. The van der Waals surface area contributed by atoms with Gasteiger partial charge in [-0.15, -0.1) is 11.3 Å². The number of rotatable bonds is 11. The summed E-state index contributed by atoms with van der Waals surface area (Å²) >= 11 is 13.8. The second-order valence-electron chi connectivity index (χ2n) is 12.7. The van der Waals surface area contributed by atoms with Crippen molar-refractivity contribution in [3.8, 4) is 17.0 Å². The zero-order valence-electron chi connectivity index (χ0n) is 26.2. The molecule has 2 aromatic carbocycles. The standard InChI is InChI=1S/C34H41Cl2F3N4O2S/c1-23-17-24(2)20-42(19-23)33-40-31(22-46-33)26-6-8-28(9-7-26)45-16-4-3-13-43(32(44)34(37,38)39)27-11-14-41(15-12-27)21-25-5-10-29(35)30(36)18-25/h5-10,18,22-24,27H,3-4,11-17,19-21H2,1-2H3. The molecule has 2 saturated heterocycles. The van der Waals surface area contributed by atoms with Gasteiger partial charge in [-0.2, -0.15) is 13.2 Å². The van der Waals surface area contributed by atoms with E-state index in [0.717, 1.165) is 39.9 Å². The molecule has 2 unspecified atom stereocenters. The fourth-order valence-electron chi connectivity index (χ4n) is 6.56. The van der Waals surface area contributed by atoms with Gasteiger partial charge in [0.15, 0.2) is 5.13 Å². The molecule has 0 N–H and O–H groups in total. The van der Waals surface area contributed by atoms with Crippen LogP contribution in [0, 0.1) is 11.8 Å². The highest BCUT2D eigenvalue weighted by atomic mass is 35.5. The lowest BCUT2D eigenvalue weighted by Gasteiger charge is -2.39. The maximum absolute atomic E-state index is 13.5. The number of hydrogen-bond acceptors (Lipinski definition) is 6. The van der Waals surface area contributed by atoms with E-state index in [0.29, 0.717) is 79.6 Å². The number of anilines is 1. The summed E-state index contributed by atoms with van der Waals surface area (Å²) in [5.74, 6) is 0.244. The first-order valence-corrected chi connectivity index (χ1v) is 17.6. The highest BCUT2D eigenvalue weighted by molar-refractivity contribution is 7.14. The van der Waals surface area contributed by atoms with Gasteiger partial charge < -0.3 is 14.5 Å². The van der Waals surface area contributed by atoms with Gasteiger partial charge in [0, 0.05) is 56.3 Å². The van der Waals surface area contributed by atoms with Gasteiger partial charge in [-0.05, 0) is 85.9 Å². The lowest BCUT2D eigenvalue weighted by molar-refractivity contribution is -0.188. The van der Waals surface area contributed by atoms with Crippen LogP contribution < -0.4 is 9.64 Å². The minimum absolute atomic E-state index is 0.0405. The van der Waals surface area contributed by atoms with Crippen molar-refractivity contribution in [2.24, 2.45) is 11.8 Å².